The molecule has 7 heteroatoms. The SMILES string of the molecule is CCOC(=O)C(=N)C=C(N)CC(F)(F)F. The first-order chi connectivity index (χ1) is 6.76. The molecular formula is C8H11F3N2O2. The van der Waals surface area contributed by atoms with Gasteiger partial charge in [0.25, 0.3) is 0 Å². The molecule has 0 unspecified atom stereocenters. The molecule has 15 heavy (non-hydrogen) atoms. The zero-order chi connectivity index (χ0) is 12.1. The summed E-state index contributed by atoms with van der Waals surface area (Å²) in [5.74, 6) is -0.998. The highest BCUT2D eigenvalue weighted by atomic mass is 19.4. The molecular weight excluding hydrogens is 213 g/mol. The van der Waals surface area contributed by atoms with Crippen molar-refractivity contribution in [3.05, 3.63) is 11.8 Å². The van der Waals surface area contributed by atoms with E-state index in [1.807, 2.05) is 0 Å². The van der Waals surface area contributed by atoms with Crippen molar-refractivity contribution >= 4 is 11.7 Å². The highest BCUT2D eigenvalue weighted by molar-refractivity contribution is 6.39. The minimum absolute atomic E-state index is 0.0498. The van der Waals surface area contributed by atoms with E-state index < -0.39 is 30.0 Å². The van der Waals surface area contributed by atoms with E-state index in [9.17, 15) is 18.0 Å². The first kappa shape index (κ1) is 13.5. The maximum absolute atomic E-state index is 11.8. The summed E-state index contributed by atoms with van der Waals surface area (Å²) in [6, 6.07) is 0. The van der Waals surface area contributed by atoms with Crippen LogP contribution in [0.25, 0.3) is 0 Å². The van der Waals surface area contributed by atoms with E-state index in [0.717, 1.165) is 0 Å². The third kappa shape index (κ3) is 6.53. The zero-order valence-corrected chi connectivity index (χ0v) is 8.02. The van der Waals surface area contributed by atoms with E-state index in [-0.39, 0.29) is 6.61 Å². The Labute approximate surface area is 84.4 Å². The largest absolute Gasteiger partial charge is 0.461 e. The molecule has 0 bridgehead atoms. The van der Waals surface area contributed by atoms with Crippen molar-refractivity contribution in [2.75, 3.05) is 6.61 Å². The molecule has 0 aromatic rings. The Bertz CT molecular complexity index is 284. The van der Waals surface area contributed by atoms with Crippen LogP contribution in [0, 0.1) is 5.41 Å². The number of alkyl halides is 3. The average molecular weight is 224 g/mol. The van der Waals surface area contributed by atoms with Gasteiger partial charge >= 0.3 is 12.1 Å². The van der Waals surface area contributed by atoms with E-state index in [1.54, 1.807) is 0 Å². The van der Waals surface area contributed by atoms with Crippen molar-refractivity contribution in [3.8, 4) is 0 Å². The average Bonchev–Trinajstić information content (AvgIpc) is 2.00. The highest BCUT2D eigenvalue weighted by Crippen LogP contribution is 2.22. The number of nitrogens with one attached hydrogen (secondary N) is 1. The van der Waals surface area contributed by atoms with Gasteiger partial charge in [0.2, 0.25) is 0 Å². The smallest absolute Gasteiger partial charge is 0.394 e. The standard InChI is InChI=1S/C8H11F3N2O2/c1-2-15-7(14)6(13)3-5(12)4-8(9,10)11/h3,13H,2,4,12H2,1H3. The Hall–Kier alpha value is -1.53. The van der Waals surface area contributed by atoms with Crippen molar-refractivity contribution in [1.29, 1.82) is 5.41 Å². The quantitative estimate of drug-likeness (QED) is 0.559. The molecule has 0 heterocycles. The van der Waals surface area contributed by atoms with Crippen LogP contribution in [0.5, 0.6) is 0 Å². The number of rotatable bonds is 4. The Morgan fingerprint density at radius 2 is 2.07 bits per heavy atom. The van der Waals surface area contributed by atoms with E-state index in [0.29, 0.717) is 6.08 Å². The molecule has 0 rings (SSSR count). The number of carbonyl (C=O) groups excluding carboxylic acids is 1. The van der Waals surface area contributed by atoms with Crippen LogP contribution in [-0.4, -0.2) is 24.5 Å². The normalized spacial score (nSPS) is 12.4. The summed E-state index contributed by atoms with van der Waals surface area (Å²) in [6.45, 7) is 1.57. The number of ether oxygens (including phenoxy) is 1. The van der Waals surface area contributed by atoms with Gasteiger partial charge in [-0.05, 0) is 13.0 Å². The van der Waals surface area contributed by atoms with Crippen molar-refractivity contribution in [1.82, 2.24) is 0 Å². The summed E-state index contributed by atoms with van der Waals surface area (Å²) in [7, 11) is 0. The highest BCUT2D eigenvalue weighted by Gasteiger charge is 2.28. The van der Waals surface area contributed by atoms with Crippen LogP contribution < -0.4 is 5.73 Å². The van der Waals surface area contributed by atoms with Crippen molar-refractivity contribution in [2.45, 2.75) is 19.5 Å². The first-order valence-electron chi connectivity index (χ1n) is 4.04. The summed E-state index contributed by atoms with van der Waals surface area (Å²) < 4.78 is 39.8. The third-order valence-corrected chi connectivity index (χ3v) is 1.23. The third-order valence-electron chi connectivity index (χ3n) is 1.23. The maximum Gasteiger partial charge on any atom is 0.394 e. The summed E-state index contributed by atoms with van der Waals surface area (Å²) in [6.07, 6.45) is -5.16. The van der Waals surface area contributed by atoms with E-state index in [1.165, 1.54) is 6.92 Å². The van der Waals surface area contributed by atoms with Gasteiger partial charge in [0, 0.05) is 5.70 Å². The second-order valence-electron chi connectivity index (χ2n) is 2.65. The Balaban J connectivity index is 4.36. The Morgan fingerprint density at radius 1 is 1.53 bits per heavy atom. The summed E-state index contributed by atoms with van der Waals surface area (Å²) in [5.41, 5.74) is 3.69. The van der Waals surface area contributed by atoms with Gasteiger partial charge in [-0.1, -0.05) is 0 Å². The number of halogens is 3. The fourth-order valence-electron chi connectivity index (χ4n) is 0.736. The lowest BCUT2D eigenvalue weighted by atomic mass is 10.2. The number of carbonyl (C=O) groups is 1. The summed E-state index contributed by atoms with van der Waals surface area (Å²) in [5, 5.41) is 7.04. The number of esters is 1. The van der Waals surface area contributed by atoms with Gasteiger partial charge in [-0.25, -0.2) is 4.79 Å². The van der Waals surface area contributed by atoms with Gasteiger partial charge in [-0.2, -0.15) is 13.2 Å². The van der Waals surface area contributed by atoms with Crippen molar-refractivity contribution in [3.63, 3.8) is 0 Å². The second kappa shape index (κ2) is 5.38. The lowest BCUT2D eigenvalue weighted by Crippen LogP contribution is -2.18. The fraction of sp³-hybridized carbons (Fsp3) is 0.500. The summed E-state index contributed by atoms with van der Waals surface area (Å²) >= 11 is 0. The molecule has 3 N–H and O–H groups in total. The van der Waals surface area contributed by atoms with Gasteiger partial charge in [-0.15, -0.1) is 0 Å². The van der Waals surface area contributed by atoms with Crippen molar-refractivity contribution in [2.24, 2.45) is 5.73 Å². The number of hydrogen-bond donors (Lipinski definition) is 2. The molecule has 0 radical (unpaired) electrons. The van der Waals surface area contributed by atoms with Crippen LogP contribution >= 0.6 is 0 Å². The van der Waals surface area contributed by atoms with Crippen LogP contribution in [0.4, 0.5) is 13.2 Å². The van der Waals surface area contributed by atoms with Crippen LogP contribution in [0.2, 0.25) is 0 Å². The molecule has 0 aliphatic carbocycles. The first-order valence-corrected chi connectivity index (χ1v) is 4.04. The summed E-state index contributed by atoms with van der Waals surface area (Å²) in [4.78, 5) is 10.8. The topological polar surface area (TPSA) is 76.2 Å². The second-order valence-corrected chi connectivity index (χ2v) is 2.65. The molecule has 0 saturated heterocycles. The predicted octanol–water partition coefficient (Wildman–Crippen LogP) is 1.36. The number of allylic oxidation sites excluding steroid dienone is 1. The molecule has 0 aliphatic rings. The molecule has 0 fully saturated rings. The van der Waals surface area contributed by atoms with Crippen LogP contribution in [0.1, 0.15) is 13.3 Å². The number of nitrogens with two attached hydrogens (primary N) is 1. The van der Waals surface area contributed by atoms with Crippen molar-refractivity contribution < 1.29 is 22.7 Å². The van der Waals surface area contributed by atoms with Gasteiger partial charge in [0.05, 0.1) is 13.0 Å². The minimum Gasteiger partial charge on any atom is -0.461 e. The lowest BCUT2D eigenvalue weighted by Gasteiger charge is -2.06. The fourth-order valence-corrected chi connectivity index (χ4v) is 0.736. The molecule has 0 aromatic carbocycles. The number of hydrogen-bond acceptors (Lipinski definition) is 4. The van der Waals surface area contributed by atoms with Gasteiger partial charge in [0.1, 0.15) is 5.71 Å². The molecule has 0 atom stereocenters. The molecule has 0 amide bonds. The van der Waals surface area contributed by atoms with Gasteiger partial charge < -0.3 is 10.5 Å². The Morgan fingerprint density at radius 3 is 2.47 bits per heavy atom. The minimum atomic E-state index is -4.45. The van der Waals surface area contributed by atoms with E-state index >= 15 is 0 Å². The molecule has 0 aliphatic heterocycles. The molecule has 86 valence electrons. The molecule has 0 saturated carbocycles. The lowest BCUT2D eigenvalue weighted by molar-refractivity contribution is -0.135. The molecule has 0 aromatic heterocycles. The maximum atomic E-state index is 11.8. The predicted molar refractivity (Wildman–Crippen MR) is 47.3 cm³/mol. The van der Waals surface area contributed by atoms with Crippen LogP contribution in [0.3, 0.4) is 0 Å². The van der Waals surface area contributed by atoms with E-state index in [2.05, 4.69) is 4.74 Å². The van der Waals surface area contributed by atoms with E-state index in [4.69, 9.17) is 11.1 Å². The van der Waals surface area contributed by atoms with Gasteiger partial charge in [0.15, 0.2) is 0 Å². The zero-order valence-electron chi connectivity index (χ0n) is 8.02. The van der Waals surface area contributed by atoms with Gasteiger partial charge in [-0.3, -0.25) is 5.41 Å². The van der Waals surface area contributed by atoms with Crippen LogP contribution in [-0.2, 0) is 9.53 Å². The Kier molecular flexibility index (Phi) is 4.83. The monoisotopic (exact) mass is 224 g/mol. The molecule has 0 spiro atoms. The van der Waals surface area contributed by atoms with Crippen LogP contribution in [0.15, 0.2) is 11.8 Å². The molecule has 4 nitrogen and oxygen atoms in total.